The Morgan fingerprint density at radius 2 is 1.21 bits per heavy atom. The van der Waals surface area contributed by atoms with E-state index in [0.29, 0.717) is 12.8 Å². The molecule has 7 nitrogen and oxygen atoms in total. The average molecular weight is 597 g/mol. The number of aliphatic hydroxyl groups is 3. The Hall–Kier alpha value is -1.02. The fourth-order valence-electron chi connectivity index (χ4n) is 6.69. The maximum atomic E-state index is 11.8. The largest absolute Gasteiger partial charge is 0.462 e. The second-order valence-electron chi connectivity index (χ2n) is 13.4. The highest BCUT2D eigenvalue weighted by atomic mass is 16.6. The van der Waals surface area contributed by atoms with Crippen molar-refractivity contribution in [3.63, 3.8) is 0 Å². The topological polar surface area (TPSA) is 113 Å². The normalized spacial score (nSPS) is 24.5. The van der Waals surface area contributed by atoms with E-state index in [4.69, 9.17) is 9.47 Å². The third-order valence-corrected chi connectivity index (χ3v) is 9.35. The summed E-state index contributed by atoms with van der Waals surface area (Å²) in [6.45, 7) is 3.76. The number of carbonyl (C=O) groups is 2. The van der Waals surface area contributed by atoms with Crippen molar-refractivity contribution in [1.29, 1.82) is 0 Å². The molecule has 2 rings (SSSR count). The minimum Gasteiger partial charge on any atom is -0.462 e. The summed E-state index contributed by atoms with van der Waals surface area (Å²) in [7, 11) is 0. The highest BCUT2D eigenvalue weighted by Gasteiger charge is 2.35. The number of hydrogen-bond acceptors (Lipinski definition) is 7. The molecule has 2 aliphatic rings. The predicted octanol–water partition coefficient (Wildman–Crippen LogP) is 7.35. The van der Waals surface area contributed by atoms with E-state index < -0.39 is 12.2 Å². The number of esters is 1. The third kappa shape index (κ3) is 16.2. The maximum Gasteiger partial charge on any atom is 0.309 e. The van der Waals surface area contributed by atoms with Gasteiger partial charge in [-0.3, -0.25) is 4.79 Å². The maximum absolute atomic E-state index is 11.8. The van der Waals surface area contributed by atoms with Crippen molar-refractivity contribution in [3.05, 3.63) is 0 Å². The predicted molar refractivity (Wildman–Crippen MR) is 167 cm³/mol. The minimum atomic E-state index is -0.482. The summed E-state index contributed by atoms with van der Waals surface area (Å²) in [5.41, 5.74) is 0. The molecule has 7 atom stereocenters. The molecule has 42 heavy (non-hydrogen) atoms. The van der Waals surface area contributed by atoms with Crippen LogP contribution in [-0.4, -0.2) is 63.7 Å². The van der Waals surface area contributed by atoms with Crippen LogP contribution in [0.15, 0.2) is 0 Å². The van der Waals surface area contributed by atoms with Gasteiger partial charge in [0.15, 0.2) is 0 Å². The highest BCUT2D eigenvalue weighted by molar-refractivity contribution is 5.83. The van der Waals surface area contributed by atoms with Crippen LogP contribution in [0.2, 0.25) is 0 Å². The molecule has 2 aliphatic heterocycles. The number of ketones is 1. The number of hydrogen-bond donors (Lipinski definition) is 3. The minimum absolute atomic E-state index is 0.0283. The van der Waals surface area contributed by atoms with Crippen molar-refractivity contribution in [2.75, 3.05) is 0 Å². The molecule has 0 saturated carbocycles. The fraction of sp³-hybridized carbons (Fsp3) is 0.943. The highest BCUT2D eigenvalue weighted by Crippen LogP contribution is 2.29. The molecule has 0 aromatic rings. The van der Waals surface area contributed by atoms with Crippen molar-refractivity contribution in [2.24, 2.45) is 5.92 Å². The Bertz CT molecular complexity index is 713. The van der Waals surface area contributed by atoms with E-state index in [1.807, 2.05) is 0 Å². The summed E-state index contributed by atoms with van der Waals surface area (Å²) >= 11 is 0. The van der Waals surface area contributed by atoms with Crippen LogP contribution in [0, 0.1) is 5.92 Å². The molecule has 3 N–H and O–H groups in total. The monoisotopic (exact) mass is 596 g/mol. The number of carbonyl (C=O) groups excluding carboxylic acids is 2. The number of aliphatic hydroxyl groups excluding tert-OH is 3. The number of cyclic esters (lactones) is 1. The van der Waals surface area contributed by atoms with Crippen LogP contribution in [0.3, 0.4) is 0 Å². The standard InChI is InChI=1S/C35H64O7/c1-3-4-5-6-7-8-9-10-11-14-21-31(38)33-23-24-34(42-33)32(39)22-15-12-13-18-29(37)19-16-17-20-30-26-28(25-27(2)36)35(40)41-30/h28-34,37-39H,3-26H2,1-2H3/t28-,29-,30+,31-,32-,33+,34+/m1/s1. The number of rotatable bonds is 26. The van der Waals surface area contributed by atoms with E-state index in [2.05, 4.69) is 6.92 Å². The van der Waals surface area contributed by atoms with Crippen LogP contribution in [-0.2, 0) is 19.1 Å². The number of ether oxygens (including phenoxy) is 2. The zero-order chi connectivity index (χ0) is 30.6. The quantitative estimate of drug-likeness (QED) is 0.0707. The summed E-state index contributed by atoms with van der Waals surface area (Å²) in [6, 6.07) is 0. The van der Waals surface area contributed by atoms with Gasteiger partial charge in [-0.1, -0.05) is 96.8 Å². The van der Waals surface area contributed by atoms with Gasteiger partial charge in [-0.05, 0) is 64.7 Å². The molecule has 2 heterocycles. The van der Waals surface area contributed by atoms with Crippen LogP contribution in [0.4, 0.5) is 0 Å². The van der Waals surface area contributed by atoms with Crippen LogP contribution >= 0.6 is 0 Å². The summed E-state index contributed by atoms with van der Waals surface area (Å²) < 4.78 is 11.5. The van der Waals surface area contributed by atoms with E-state index >= 15 is 0 Å². The molecule has 0 radical (unpaired) electrons. The molecule has 0 amide bonds. The Balaban J connectivity index is 1.41. The lowest BCUT2D eigenvalue weighted by atomic mass is 9.96. The molecular formula is C35H64O7. The Morgan fingerprint density at radius 1 is 0.738 bits per heavy atom. The molecular weight excluding hydrogens is 532 g/mol. The summed E-state index contributed by atoms with van der Waals surface area (Å²) in [4.78, 5) is 23.1. The Morgan fingerprint density at radius 3 is 1.76 bits per heavy atom. The Labute approximate surface area is 256 Å². The Kier molecular flexibility index (Phi) is 19.9. The average Bonchev–Trinajstić information content (AvgIpc) is 3.58. The van der Waals surface area contributed by atoms with Crippen molar-refractivity contribution in [2.45, 2.75) is 205 Å². The van der Waals surface area contributed by atoms with Crippen molar-refractivity contribution in [1.82, 2.24) is 0 Å². The number of unbranched alkanes of at least 4 members (excludes halogenated alkanes) is 12. The number of Topliss-reactive ketones (excluding diaryl/α,β-unsaturated/α-hetero) is 1. The zero-order valence-electron chi connectivity index (χ0n) is 27.0. The lowest BCUT2D eigenvalue weighted by Crippen LogP contribution is -2.31. The molecule has 0 aromatic carbocycles. The molecule has 0 aliphatic carbocycles. The van der Waals surface area contributed by atoms with Gasteiger partial charge in [0.1, 0.15) is 11.9 Å². The molecule has 2 saturated heterocycles. The molecule has 246 valence electrons. The van der Waals surface area contributed by atoms with Crippen LogP contribution in [0.1, 0.15) is 168 Å². The van der Waals surface area contributed by atoms with Crippen molar-refractivity contribution < 1.29 is 34.4 Å². The second kappa shape index (κ2) is 22.5. The first kappa shape index (κ1) is 37.2. The van der Waals surface area contributed by atoms with E-state index in [1.54, 1.807) is 0 Å². The van der Waals surface area contributed by atoms with Gasteiger partial charge in [0, 0.05) is 6.42 Å². The van der Waals surface area contributed by atoms with Gasteiger partial charge < -0.3 is 29.6 Å². The molecule has 0 bridgehead atoms. The van der Waals surface area contributed by atoms with Gasteiger partial charge in [-0.25, -0.2) is 0 Å². The summed E-state index contributed by atoms with van der Waals surface area (Å²) in [5.74, 6) is -0.485. The first-order chi connectivity index (χ1) is 20.3. The van der Waals surface area contributed by atoms with Crippen molar-refractivity contribution in [3.8, 4) is 0 Å². The zero-order valence-corrected chi connectivity index (χ0v) is 27.0. The van der Waals surface area contributed by atoms with Gasteiger partial charge >= 0.3 is 5.97 Å². The van der Waals surface area contributed by atoms with E-state index in [1.165, 1.54) is 64.7 Å². The smallest absolute Gasteiger partial charge is 0.309 e. The van der Waals surface area contributed by atoms with Crippen LogP contribution < -0.4 is 0 Å². The first-order valence-corrected chi connectivity index (χ1v) is 17.7. The van der Waals surface area contributed by atoms with Gasteiger partial charge in [-0.2, -0.15) is 0 Å². The van der Waals surface area contributed by atoms with Gasteiger partial charge in [0.25, 0.3) is 0 Å². The van der Waals surface area contributed by atoms with E-state index in [9.17, 15) is 24.9 Å². The summed E-state index contributed by atoms with van der Waals surface area (Å²) in [6.07, 6.45) is 22.3. The lowest BCUT2D eigenvalue weighted by molar-refractivity contribution is -0.145. The molecule has 0 unspecified atom stereocenters. The van der Waals surface area contributed by atoms with Crippen LogP contribution in [0.25, 0.3) is 0 Å². The van der Waals surface area contributed by atoms with Crippen LogP contribution in [0.5, 0.6) is 0 Å². The first-order valence-electron chi connectivity index (χ1n) is 17.7. The molecule has 2 fully saturated rings. The van der Waals surface area contributed by atoms with Crippen molar-refractivity contribution >= 4 is 11.8 Å². The molecule has 0 aromatic heterocycles. The molecule has 7 heteroatoms. The summed E-state index contributed by atoms with van der Waals surface area (Å²) in [5, 5.41) is 31.5. The lowest BCUT2D eigenvalue weighted by Gasteiger charge is -2.22. The fourth-order valence-corrected chi connectivity index (χ4v) is 6.69. The van der Waals surface area contributed by atoms with E-state index in [-0.39, 0.29) is 48.5 Å². The second-order valence-corrected chi connectivity index (χ2v) is 13.4. The molecule has 0 spiro atoms. The van der Waals surface area contributed by atoms with Gasteiger partial charge in [0.2, 0.25) is 0 Å². The SMILES string of the molecule is CCCCCCCCCCCC[C@@H](O)[C@@H]1CC[C@@H]([C@H](O)CCCCC[C@@H](O)CCCC[C@H]2C[C@@H](CC(C)=O)C(=O)O2)O1. The van der Waals surface area contributed by atoms with Gasteiger partial charge in [-0.15, -0.1) is 0 Å². The van der Waals surface area contributed by atoms with Gasteiger partial charge in [0.05, 0.1) is 36.4 Å². The third-order valence-electron chi connectivity index (χ3n) is 9.35. The van der Waals surface area contributed by atoms with E-state index in [0.717, 1.165) is 77.0 Å².